The number of alkyl halides is 2. The van der Waals surface area contributed by atoms with Gasteiger partial charge >= 0.3 is 0 Å². The third-order valence-corrected chi connectivity index (χ3v) is 3.41. The van der Waals surface area contributed by atoms with Gasteiger partial charge in [0.25, 0.3) is 5.92 Å². The van der Waals surface area contributed by atoms with E-state index in [2.05, 4.69) is 5.32 Å². The van der Waals surface area contributed by atoms with Gasteiger partial charge in [0.05, 0.1) is 6.54 Å². The number of nitrogens with one attached hydrogen (secondary N) is 1. The van der Waals surface area contributed by atoms with Gasteiger partial charge in [0, 0.05) is 6.42 Å². The van der Waals surface area contributed by atoms with Crippen LogP contribution in [-0.2, 0) is 0 Å². The first-order chi connectivity index (χ1) is 6.14. The summed E-state index contributed by atoms with van der Waals surface area (Å²) in [5, 5.41) is 2.54. The second-order valence-electron chi connectivity index (χ2n) is 3.65. The lowest BCUT2D eigenvalue weighted by Crippen LogP contribution is -2.33. The molecule has 0 saturated carbocycles. The highest BCUT2D eigenvalue weighted by Gasteiger charge is 2.32. The van der Waals surface area contributed by atoms with Crippen LogP contribution in [0.4, 0.5) is 8.78 Å². The van der Waals surface area contributed by atoms with E-state index >= 15 is 0 Å². The third kappa shape index (κ3) is 4.27. The Labute approximate surface area is 82.7 Å². The molecule has 1 heterocycles. The number of thioether (sulfide) groups is 1. The monoisotopic (exact) mass is 209 g/mol. The quantitative estimate of drug-likeness (QED) is 0.763. The molecule has 0 unspecified atom stereocenters. The van der Waals surface area contributed by atoms with Crippen LogP contribution in [-0.4, -0.2) is 31.0 Å². The maximum Gasteiger partial charge on any atom is 0.260 e. The molecule has 0 aromatic carbocycles. The Hall–Kier alpha value is 0.170. The Balaban J connectivity index is 2.28. The van der Waals surface area contributed by atoms with E-state index in [1.54, 1.807) is 7.05 Å². The van der Waals surface area contributed by atoms with Crippen molar-refractivity contribution in [2.45, 2.75) is 25.2 Å². The highest BCUT2D eigenvalue weighted by atomic mass is 32.2. The van der Waals surface area contributed by atoms with Crippen LogP contribution in [0.5, 0.6) is 0 Å². The van der Waals surface area contributed by atoms with Crippen molar-refractivity contribution in [3.63, 3.8) is 0 Å². The second-order valence-corrected chi connectivity index (χ2v) is 4.87. The maximum absolute atomic E-state index is 13.1. The lowest BCUT2D eigenvalue weighted by atomic mass is 9.95. The largest absolute Gasteiger partial charge is 0.314 e. The topological polar surface area (TPSA) is 12.0 Å². The Morgan fingerprint density at radius 3 is 2.54 bits per heavy atom. The van der Waals surface area contributed by atoms with Crippen molar-refractivity contribution < 1.29 is 8.78 Å². The summed E-state index contributed by atoms with van der Waals surface area (Å²) in [7, 11) is 1.57. The molecule has 1 aliphatic heterocycles. The predicted molar refractivity (Wildman–Crippen MR) is 53.5 cm³/mol. The summed E-state index contributed by atoms with van der Waals surface area (Å²) in [5.41, 5.74) is 0. The first-order valence-electron chi connectivity index (χ1n) is 4.74. The summed E-state index contributed by atoms with van der Waals surface area (Å²) >= 11 is 1.88. The lowest BCUT2D eigenvalue weighted by Gasteiger charge is -2.25. The summed E-state index contributed by atoms with van der Waals surface area (Å²) in [6.45, 7) is -0.184. The van der Waals surface area contributed by atoms with Crippen LogP contribution in [0.15, 0.2) is 0 Å². The molecule has 0 aromatic rings. The Bertz CT molecular complexity index is 147. The standard InChI is InChI=1S/C9H17F2NS/c1-12-7-9(10,11)6-8-2-4-13-5-3-8/h8,12H,2-7H2,1H3. The molecule has 13 heavy (non-hydrogen) atoms. The van der Waals surface area contributed by atoms with Crippen LogP contribution in [0.2, 0.25) is 0 Å². The number of hydrogen-bond acceptors (Lipinski definition) is 2. The first kappa shape index (κ1) is 11.2. The van der Waals surface area contributed by atoms with Crippen molar-refractivity contribution in [1.29, 1.82) is 0 Å². The van der Waals surface area contributed by atoms with Gasteiger partial charge in [-0.15, -0.1) is 0 Å². The highest BCUT2D eigenvalue weighted by molar-refractivity contribution is 7.99. The van der Waals surface area contributed by atoms with E-state index in [1.807, 2.05) is 11.8 Å². The third-order valence-electron chi connectivity index (χ3n) is 2.36. The SMILES string of the molecule is CNCC(F)(F)CC1CCSCC1. The van der Waals surface area contributed by atoms with Gasteiger partial charge in [-0.3, -0.25) is 0 Å². The van der Waals surface area contributed by atoms with Crippen molar-refractivity contribution >= 4 is 11.8 Å². The van der Waals surface area contributed by atoms with Gasteiger partial charge < -0.3 is 5.32 Å². The summed E-state index contributed by atoms with van der Waals surface area (Å²) in [6.07, 6.45) is 1.99. The van der Waals surface area contributed by atoms with Crippen LogP contribution in [0.25, 0.3) is 0 Å². The Morgan fingerprint density at radius 1 is 1.38 bits per heavy atom. The van der Waals surface area contributed by atoms with Gasteiger partial charge in [-0.1, -0.05) is 0 Å². The molecule has 1 N–H and O–H groups in total. The molecule has 78 valence electrons. The molecule has 0 radical (unpaired) electrons. The van der Waals surface area contributed by atoms with Gasteiger partial charge in [-0.05, 0) is 37.3 Å². The summed E-state index contributed by atoms with van der Waals surface area (Å²) < 4.78 is 26.3. The molecule has 0 aliphatic carbocycles. The van der Waals surface area contributed by atoms with Gasteiger partial charge in [0.1, 0.15) is 0 Å². The predicted octanol–water partition coefficient (Wildman–Crippen LogP) is 2.37. The van der Waals surface area contributed by atoms with E-state index in [4.69, 9.17) is 0 Å². The fraction of sp³-hybridized carbons (Fsp3) is 1.00. The average molecular weight is 209 g/mol. The van der Waals surface area contributed by atoms with Crippen molar-refractivity contribution in [2.24, 2.45) is 5.92 Å². The van der Waals surface area contributed by atoms with Crippen molar-refractivity contribution in [3.8, 4) is 0 Å². The number of halogens is 2. The molecule has 0 bridgehead atoms. The van der Waals surface area contributed by atoms with E-state index < -0.39 is 5.92 Å². The van der Waals surface area contributed by atoms with Crippen molar-refractivity contribution in [3.05, 3.63) is 0 Å². The van der Waals surface area contributed by atoms with Crippen LogP contribution in [0.3, 0.4) is 0 Å². The van der Waals surface area contributed by atoms with Gasteiger partial charge in [0.15, 0.2) is 0 Å². The summed E-state index contributed by atoms with van der Waals surface area (Å²) in [6, 6.07) is 0. The zero-order valence-electron chi connectivity index (χ0n) is 7.98. The second kappa shape index (κ2) is 5.15. The number of hydrogen-bond donors (Lipinski definition) is 1. The molecule has 1 aliphatic rings. The maximum atomic E-state index is 13.1. The number of rotatable bonds is 4. The minimum atomic E-state index is -2.51. The molecule has 0 atom stereocenters. The molecule has 4 heteroatoms. The zero-order valence-corrected chi connectivity index (χ0v) is 8.80. The average Bonchev–Trinajstić information content (AvgIpc) is 2.04. The van der Waals surface area contributed by atoms with E-state index in [0.29, 0.717) is 0 Å². The molecular weight excluding hydrogens is 192 g/mol. The van der Waals surface area contributed by atoms with Crippen LogP contribution < -0.4 is 5.32 Å². The van der Waals surface area contributed by atoms with E-state index in [0.717, 1.165) is 24.3 Å². The minimum absolute atomic E-state index is 0.0639. The van der Waals surface area contributed by atoms with Gasteiger partial charge in [-0.2, -0.15) is 11.8 Å². The molecule has 1 fully saturated rings. The van der Waals surface area contributed by atoms with Gasteiger partial charge in [-0.25, -0.2) is 8.78 Å². The smallest absolute Gasteiger partial charge is 0.260 e. The van der Waals surface area contributed by atoms with Gasteiger partial charge in [0.2, 0.25) is 0 Å². The van der Waals surface area contributed by atoms with Crippen molar-refractivity contribution in [2.75, 3.05) is 25.1 Å². The van der Waals surface area contributed by atoms with Crippen LogP contribution in [0.1, 0.15) is 19.3 Å². The summed E-state index contributed by atoms with van der Waals surface area (Å²) in [5.74, 6) is -0.160. The zero-order chi connectivity index (χ0) is 9.73. The highest BCUT2D eigenvalue weighted by Crippen LogP contribution is 2.31. The van der Waals surface area contributed by atoms with E-state index in [-0.39, 0.29) is 18.9 Å². The summed E-state index contributed by atoms with van der Waals surface area (Å²) in [4.78, 5) is 0. The first-order valence-corrected chi connectivity index (χ1v) is 5.90. The van der Waals surface area contributed by atoms with Crippen molar-refractivity contribution in [1.82, 2.24) is 5.32 Å². The molecule has 0 spiro atoms. The molecule has 0 aromatic heterocycles. The molecule has 1 rings (SSSR count). The fourth-order valence-corrected chi connectivity index (χ4v) is 2.91. The van der Waals surface area contributed by atoms with E-state index in [9.17, 15) is 8.78 Å². The van der Waals surface area contributed by atoms with Crippen LogP contribution in [0, 0.1) is 5.92 Å². The molecule has 1 saturated heterocycles. The lowest BCUT2D eigenvalue weighted by molar-refractivity contribution is -0.0209. The Morgan fingerprint density at radius 2 is 2.00 bits per heavy atom. The molecular formula is C9H17F2NS. The molecule has 0 amide bonds. The van der Waals surface area contributed by atoms with Crippen LogP contribution >= 0.6 is 11.8 Å². The minimum Gasteiger partial charge on any atom is -0.314 e. The Kier molecular flexibility index (Phi) is 4.46. The van der Waals surface area contributed by atoms with E-state index in [1.165, 1.54) is 0 Å². The normalized spacial score (nSPS) is 20.5. The molecule has 1 nitrogen and oxygen atoms in total. The fourth-order valence-electron chi connectivity index (χ4n) is 1.70.